The second-order valence-corrected chi connectivity index (χ2v) is 6.13. The lowest BCUT2D eigenvalue weighted by atomic mass is 9.99. The fourth-order valence-electron chi connectivity index (χ4n) is 1.75. The highest BCUT2D eigenvalue weighted by molar-refractivity contribution is 7.83. The third-order valence-corrected chi connectivity index (χ3v) is 4.13. The van der Waals surface area contributed by atoms with Crippen LogP contribution in [0.25, 0.3) is 0 Å². The summed E-state index contributed by atoms with van der Waals surface area (Å²) in [4.78, 5) is 0.747. The quantitative estimate of drug-likeness (QED) is 0.693. The molecule has 5 heteroatoms. The predicted molar refractivity (Wildman–Crippen MR) is 73.7 cm³/mol. The van der Waals surface area contributed by atoms with Gasteiger partial charge in [0.15, 0.2) is 0 Å². The number of hydrogen-bond acceptors (Lipinski definition) is 3. The summed E-state index contributed by atoms with van der Waals surface area (Å²) in [6.07, 6.45) is 0. The van der Waals surface area contributed by atoms with Crippen LogP contribution in [0.15, 0.2) is 29.2 Å². The van der Waals surface area contributed by atoms with Crippen LogP contribution < -0.4 is 10.2 Å². The van der Waals surface area contributed by atoms with E-state index in [-0.39, 0.29) is 18.0 Å². The Balaban J connectivity index is 2.75. The van der Waals surface area contributed by atoms with E-state index in [4.69, 9.17) is 5.21 Å². The number of hydroxylamine groups is 1. The monoisotopic (exact) mass is 270 g/mol. The first kappa shape index (κ1) is 15.3. The molecule has 18 heavy (non-hydrogen) atoms. The highest BCUT2D eigenvalue weighted by Gasteiger charge is 2.22. The Hall–Kier alpha value is -0.750. The SMILES string of the molecule is Cc1ccc(S(=O)N[C@@H](C(C)C)[C@H](C)NO)cc1. The molecule has 0 heterocycles. The minimum absolute atomic E-state index is 0.0721. The Kier molecular flexibility index (Phi) is 5.95. The number of rotatable bonds is 6. The van der Waals surface area contributed by atoms with Crippen molar-refractivity contribution in [2.45, 2.75) is 44.7 Å². The molecule has 0 aliphatic rings. The third kappa shape index (κ3) is 4.17. The van der Waals surface area contributed by atoms with Crippen LogP contribution in [0.4, 0.5) is 0 Å². The van der Waals surface area contributed by atoms with E-state index >= 15 is 0 Å². The van der Waals surface area contributed by atoms with Gasteiger partial charge in [0.25, 0.3) is 0 Å². The van der Waals surface area contributed by atoms with Crippen LogP contribution in [-0.2, 0) is 11.0 Å². The van der Waals surface area contributed by atoms with Crippen molar-refractivity contribution in [2.24, 2.45) is 5.92 Å². The second kappa shape index (κ2) is 6.99. The summed E-state index contributed by atoms with van der Waals surface area (Å²) in [6, 6.07) is 7.34. The van der Waals surface area contributed by atoms with Crippen molar-refractivity contribution >= 4 is 11.0 Å². The molecule has 0 saturated carbocycles. The van der Waals surface area contributed by atoms with E-state index in [0.717, 1.165) is 10.5 Å². The van der Waals surface area contributed by atoms with E-state index < -0.39 is 11.0 Å². The Morgan fingerprint density at radius 2 is 1.72 bits per heavy atom. The molecule has 0 bridgehead atoms. The van der Waals surface area contributed by atoms with Crippen molar-refractivity contribution in [3.05, 3.63) is 29.8 Å². The number of hydrogen-bond donors (Lipinski definition) is 3. The normalized spacial score (nSPS) is 16.6. The van der Waals surface area contributed by atoms with E-state index in [2.05, 4.69) is 10.2 Å². The zero-order chi connectivity index (χ0) is 13.7. The average Bonchev–Trinajstić information content (AvgIpc) is 2.35. The van der Waals surface area contributed by atoms with Gasteiger partial charge in [-0.25, -0.2) is 14.4 Å². The van der Waals surface area contributed by atoms with E-state index in [9.17, 15) is 4.21 Å². The first-order chi connectivity index (χ1) is 8.45. The molecule has 1 aromatic rings. The van der Waals surface area contributed by atoms with Crippen LogP contribution in [-0.4, -0.2) is 21.5 Å². The fraction of sp³-hybridized carbons (Fsp3) is 0.538. The van der Waals surface area contributed by atoms with Gasteiger partial charge in [-0.2, -0.15) is 0 Å². The maximum Gasteiger partial charge on any atom is 0.125 e. The lowest BCUT2D eigenvalue weighted by Gasteiger charge is -2.26. The van der Waals surface area contributed by atoms with Crippen molar-refractivity contribution < 1.29 is 9.42 Å². The number of benzene rings is 1. The Labute approximate surface area is 111 Å². The maximum atomic E-state index is 12.2. The van der Waals surface area contributed by atoms with Crippen LogP contribution in [0.5, 0.6) is 0 Å². The zero-order valence-corrected chi connectivity index (χ0v) is 12.1. The van der Waals surface area contributed by atoms with Crippen molar-refractivity contribution in [3.8, 4) is 0 Å². The second-order valence-electron chi connectivity index (χ2n) is 4.89. The summed E-state index contributed by atoms with van der Waals surface area (Å²) >= 11 is 0. The largest absolute Gasteiger partial charge is 0.316 e. The molecule has 1 aromatic carbocycles. The summed E-state index contributed by atoms with van der Waals surface area (Å²) in [6.45, 7) is 7.90. The molecule has 0 aliphatic carbocycles. The van der Waals surface area contributed by atoms with Crippen molar-refractivity contribution in [2.75, 3.05) is 0 Å². The summed E-state index contributed by atoms with van der Waals surface area (Å²) < 4.78 is 15.2. The molecule has 102 valence electrons. The molecule has 4 nitrogen and oxygen atoms in total. The molecular formula is C13H22N2O2S. The van der Waals surface area contributed by atoms with Crippen LogP contribution in [0, 0.1) is 12.8 Å². The van der Waals surface area contributed by atoms with Gasteiger partial charge in [-0.15, -0.1) is 0 Å². The molecule has 1 unspecified atom stereocenters. The van der Waals surface area contributed by atoms with Gasteiger partial charge in [0.2, 0.25) is 0 Å². The molecule has 0 aliphatic heterocycles. The van der Waals surface area contributed by atoms with Gasteiger partial charge in [0.05, 0.1) is 4.90 Å². The van der Waals surface area contributed by atoms with Gasteiger partial charge < -0.3 is 5.21 Å². The van der Waals surface area contributed by atoms with Gasteiger partial charge in [-0.3, -0.25) is 0 Å². The molecule has 0 amide bonds. The highest BCUT2D eigenvalue weighted by Crippen LogP contribution is 2.11. The van der Waals surface area contributed by atoms with E-state index in [1.54, 1.807) is 0 Å². The van der Waals surface area contributed by atoms with Crippen LogP contribution in [0.2, 0.25) is 0 Å². The smallest absolute Gasteiger partial charge is 0.125 e. The standard InChI is InChI=1S/C13H22N2O2S/c1-9(2)13(11(4)14-16)15-18(17)12-7-5-10(3)6-8-12/h5-9,11,13-16H,1-4H3/t11-,13-,18?/m0/s1. The van der Waals surface area contributed by atoms with Crippen molar-refractivity contribution in [1.82, 2.24) is 10.2 Å². The van der Waals surface area contributed by atoms with Crippen molar-refractivity contribution in [3.63, 3.8) is 0 Å². The van der Waals surface area contributed by atoms with E-state index in [0.29, 0.717) is 0 Å². The number of aryl methyl sites for hydroxylation is 1. The van der Waals surface area contributed by atoms with Gasteiger partial charge in [0.1, 0.15) is 11.0 Å². The van der Waals surface area contributed by atoms with Crippen LogP contribution in [0.1, 0.15) is 26.3 Å². The van der Waals surface area contributed by atoms with Gasteiger partial charge in [0, 0.05) is 12.1 Å². The Morgan fingerprint density at radius 3 is 2.17 bits per heavy atom. The first-order valence-corrected chi connectivity index (χ1v) is 7.25. The van der Waals surface area contributed by atoms with Crippen LogP contribution >= 0.6 is 0 Å². The van der Waals surface area contributed by atoms with Gasteiger partial charge in [-0.05, 0) is 31.9 Å². The van der Waals surface area contributed by atoms with Crippen molar-refractivity contribution in [1.29, 1.82) is 0 Å². The van der Waals surface area contributed by atoms with Gasteiger partial charge in [-0.1, -0.05) is 31.5 Å². The lowest BCUT2D eigenvalue weighted by Crippen LogP contribution is -2.48. The molecule has 1 rings (SSSR count). The Bertz CT molecular complexity index is 392. The minimum Gasteiger partial charge on any atom is -0.316 e. The topological polar surface area (TPSA) is 61.4 Å². The minimum atomic E-state index is -1.27. The summed E-state index contributed by atoms with van der Waals surface area (Å²) in [5, 5.41) is 8.98. The van der Waals surface area contributed by atoms with E-state index in [1.165, 1.54) is 0 Å². The first-order valence-electron chi connectivity index (χ1n) is 6.10. The average molecular weight is 270 g/mol. The maximum absolute atomic E-state index is 12.2. The fourth-order valence-corrected chi connectivity index (χ4v) is 2.99. The third-order valence-electron chi connectivity index (χ3n) is 2.94. The molecule has 0 fully saturated rings. The molecule has 0 spiro atoms. The molecule has 0 saturated heterocycles. The summed E-state index contributed by atoms with van der Waals surface area (Å²) in [5.74, 6) is 0.258. The zero-order valence-electron chi connectivity index (χ0n) is 11.3. The highest BCUT2D eigenvalue weighted by atomic mass is 32.2. The van der Waals surface area contributed by atoms with E-state index in [1.807, 2.05) is 52.0 Å². The lowest BCUT2D eigenvalue weighted by molar-refractivity contribution is 0.109. The predicted octanol–water partition coefficient (Wildman–Crippen LogP) is 2.00. The molecule has 0 radical (unpaired) electrons. The van der Waals surface area contributed by atoms with Gasteiger partial charge >= 0.3 is 0 Å². The molecule has 3 atom stereocenters. The molecular weight excluding hydrogens is 248 g/mol. The molecule has 3 N–H and O–H groups in total. The summed E-state index contributed by atoms with van der Waals surface area (Å²) in [7, 11) is -1.27. The number of nitrogens with one attached hydrogen (secondary N) is 2. The van der Waals surface area contributed by atoms with Crippen LogP contribution in [0.3, 0.4) is 0 Å². The Morgan fingerprint density at radius 1 is 1.17 bits per heavy atom. The molecule has 0 aromatic heterocycles. The summed E-state index contributed by atoms with van der Waals surface area (Å²) in [5.41, 5.74) is 3.36.